The third-order valence-electron chi connectivity index (χ3n) is 1.60. The Morgan fingerprint density at radius 1 is 1.58 bits per heavy atom. The molecule has 9 heteroatoms. The molecule has 2 rings (SSSR count). The number of rotatable bonds is 0. The lowest BCUT2D eigenvalue weighted by molar-refractivity contribution is -0.366. The maximum absolute atomic E-state index is 10.9. The van der Waals surface area contributed by atoms with Crippen LogP contribution in [0, 0.1) is 10.1 Å². The van der Waals surface area contributed by atoms with Gasteiger partial charge in [-0.2, -0.15) is 0 Å². The molecule has 2 aliphatic heterocycles. The molecule has 2 heterocycles. The third-order valence-corrected chi connectivity index (χ3v) is 3.13. The molecule has 0 N–H and O–H groups in total. The minimum absolute atomic E-state index is 0.168. The van der Waals surface area contributed by atoms with Gasteiger partial charge in [0.05, 0.1) is 0 Å². The van der Waals surface area contributed by atoms with Crippen LogP contribution in [0.25, 0.3) is 0 Å². The average Bonchev–Trinajstić information content (AvgIpc) is 2.27. The maximum Gasteiger partial charge on any atom is 0.445 e. The molecule has 0 aromatic heterocycles. The Labute approximate surface area is 67.3 Å². The van der Waals surface area contributed by atoms with Gasteiger partial charge in [-0.05, 0) is 9.34 Å². The summed E-state index contributed by atoms with van der Waals surface area (Å²) in [5.41, 5.74) is 0. The van der Waals surface area contributed by atoms with Gasteiger partial charge in [-0.25, -0.2) is 8.42 Å². The Morgan fingerprint density at radius 2 is 2.25 bits per heavy atom. The maximum atomic E-state index is 10.9. The molecular weight excluding hydrogens is 188 g/mol. The molecule has 66 valence electrons. The summed E-state index contributed by atoms with van der Waals surface area (Å²) in [5.74, 6) is -0.739. The van der Waals surface area contributed by atoms with Crippen molar-refractivity contribution in [3.63, 3.8) is 0 Å². The van der Waals surface area contributed by atoms with Crippen molar-refractivity contribution in [2.75, 3.05) is 12.5 Å². The third kappa shape index (κ3) is 0.741. The first-order valence-electron chi connectivity index (χ1n) is 2.99. The van der Waals surface area contributed by atoms with Crippen LogP contribution in [0.15, 0.2) is 4.99 Å². The number of nitro groups is 1. The number of guanidine groups is 1. The monoisotopic (exact) mass is 192 g/mol. The number of fused-ring (bicyclic) bond motifs is 1. The van der Waals surface area contributed by atoms with E-state index in [4.69, 9.17) is 0 Å². The highest BCUT2D eigenvalue weighted by Gasteiger charge is 2.55. The summed E-state index contributed by atoms with van der Waals surface area (Å²) < 4.78 is 22.6. The van der Waals surface area contributed by atoms with Gasteiger partial charge in [-0.15, -0.1) is 5.01 Å². The van der Waals surface area contributed by atoms with E-state index in [1.807, 2.05) is 0 Å². The van der Waals surface area contributed by atoms with E-state index in [0.717, 1.165) is 9.42 Å². The lowest BCUT2D eigenvalue weighted by Gasteiger charge is -2.30. The van der Waals surface area contributed by atoms with Gasteiger partial charge in [0.25, 0.3) is 10.0 Å². The highest BCUT2D eigenvalue weighted by molar-refractivity contribution is 7.90. The standard InChI is InChI=1S/C3H4N4O4S/c8-7(9)3-4-1-6-5(3)2-12(6,10)11/h1-2H2. The van der Waals surface area contributed by atoms with Gasteiger partial charge in [0.1, 0.15) is 0 Å². The van der Waals surface area contributed by atoms with Crippen molar-refractivity contribution in [1.29, 1.82) is 0 Å². The Morgan fingerprint density at radius 3 is 2.67 bits per heavy atom. The van der Waals surface area contributed by atoms with Crippen LogP contribution in [0.1, 0.15) is 0 Å². The molecular formula is C3H4N4O4S. The van der Waals surface area contributed by atoms with Gasteiger partial charge in [-0.1, -0.05) is 4.99 Å². The first-order chi connectivity index (χ1) is 5.52. The van der Waals surface area contributed by atoms with Gasteiger partial charge in [0, 0.05) is 0 Å². The SMILES string of the molecule is O=[N+]([O-])C1=NCN2N1CS2(=O)=O. The zero-order chi connectivity index (χ0) is 8.93. The summed E-state index contributed by atoms with van der Waals surface area (Å²) in [6.45, 7) is -0.168. The van der Waals surface area contributed by atoms with Crippen LogP contribution < -0.4 is 0 Å². The molecule has 12 heavy (non-hydrogen) atoms. The molecule has 0 aromatic carbocycles. The smallest absolute Gasteiger partial charge is 0.390 e. The second-order valence-corrected chi connectivity index (χ2v) is 4.16. The first kappa shape index (κ1) is 7.43. The van der Waals surface area contributed by atoms with Crippen molar-refractivity contribution >= 4 is 16.0 Å². The number of hydrogen-bond acceptors (Lipinski definition) is 6. The topological polar surface area (TPSA) is 96.1 Å². The molecule has 0 spiro atoms. The molecule has 1 fully saturated rings. The van der Waals surface area contributed by atoms with Crippen molar-refractivity contribution in [3.05, 3.63) is 10.1 Å². The molecule has 2 aliphatic rings. The van der Waals surface area contributed by atoms with E-state index in [-0.39, 0.29) is 12.5 Å². The molecule has 0 amide bonds. The van der Waals surface area contributed by atoms with Crippen molar-refractivity contribution in [2.45, 2.75) is 0 Å². The second kappa shape index (κ2) is 1.93. The summed E-state index contributed by atoms with van der Waals surface area (Å²) in [6.07, 6.45) is 0. The van der Waals surface area contributed by atoms with E-state index in [1.54, 1.807) is 0 Å². The number of aliphatic imine (C=N–C) groups is 1. The zero-order valence-corrected chi connectivity index (χ0v) is 6.56. The van der Waals surface area contributed by atoms with E-state index in [1.165, 1.54) is 0 Å². The number of hydrogen-bond donors (Lipinski definition) is 0. The summed E-state index contributed by atoms with van der Waals surface area (Å²) in [5, 5.41) is 11.2. The number of nitrogens with zero attached hydrogens (tertiary/aromatic N) is 4. The summed E-state index contributed by atoms with van der Waals surface area (Å²) >= 11 is 0. The fourth-order valence-electron chi connectivity index (χ4n) is 1.06. The largest absolute Gasteiger partial charge is 0.445 e. The van der Waals surface area contributed by atoms with Gasteiger partial charge in [-0.3, -0.25) is 0 Å². The summed E-state index contributed by atoms with van der Waals surface area (Å²) in [4.78, 5) is 13.0. The molecule has 0 aromatic rings. The minimum Gasteiger partial charge on any atom is -0.390 e. The van der Waals surface area contributed by atoms with Crippen molar-refractivity contribution in [3.8, 4) is 0 Å². The molecule has 0 aliphatic carbocycles. The van der Waals surface area contributed by atoms with E-state index in [0.29, 0.717) is 0 Å². The number of hydrazine groups is 1. The Balaban J connectivity index is 2.25. The Kier molecular flexibility index (Phi) is 1.19. The van der Waals surface area contributed by atoms with Crippen LogP contribution in [-0.4, -0.2) is 41.3 Å². The quantitative estimate of drug-likeness (QED) is 0.340. The van der Waals surface area contributed by atoms with Crippen LogP contribution in [0.5, 0.6) is 0 Å². The van der Waals surface area contributed by atoms with E-state index >= 15 is 0 Å². The van der Waals surface area contributed by atoms with Crippen LogP contribution in [0.2, 0.25) is 0 Å². The highest BCUT2D eigenvalue weighted by Crippen LogP contribution is 2.25. The van der Waals surface area contributed by atoms with Crippen molar-refractivity contribution < 1.29 is 13.3 Å². The Hall–Kier alpha value is -1.22. The average molecular weight is 192 g/mol. The van der Waals surface area contributed by atoms with Crippen LogP contribution >= 0.6 is 0 Å². The molecule has 0 unspecified atom stereocenters. The predicted octanol–water partition coefficient (Wildman–Crippen LogP) is -1.59. The van der Waals surface area contributed by atoms with Crippen LogP contribution in [0.4, 0.5) is 0 Å². The molecule has 0 radical (unpaired) electrons. The lowest BCUT2D eigenvalue weighted by atomic mass is 10.9. The molecule has 0 saturated carbocycles. The molecule has 1 saturated heterocycles. The van der Waals surface area contributed by atoms with Gasteiger partial charge in [0.2, 0.25) is 12.5 Å². The second-order valence-electron chi connectivity index (χ2n) is 2.32. The molecule has 0 atom stereocenters. The minimum atomic E-state index is -3.29. The molecule has 0 bridgehead atoms. The molecule has 8 nitrogen and oxygen atoms in total. The lowest BCUT2D eigenvalue weighted by Crippen LogP contribution is -2.60. The summed E-state index contributed by atoms with van der Waals surface area (Å²) in [7, 11) is -3.29. The van der Waals surface area contributed by atoms with E-state index in [9.17, 15) is 18.5 Å². The van der Waals surface area contributed by atoms with Crippen molar-refractivity contribution in [1.82, 2.24) is 9.42 Å². The van der Waals surface area contributed by atoms with Crippen molar-refractivity contribution in [2.24, 2.45) is 4.99 Å². The first-order valence-corrected chi connectivity index (χ1v) is 4.60. The zero-order valence-electron chi connectivity index (χ0n) is 5.74. The van der Waals surface area contributed by atoms with E-state index in [2.05, 4.69) is 4.99 Å². The van der Waals surface area contributed by atoms with Gasteiger partial charge < -0.3 is 10.1 Å². The number of sulfonamides is 1. The van der Waals surface area contributed by atoms with Gasteiger partial charge >= 0.3 is 5.96 Å². The highest BCUT2D eigenvalue weighted by atomic mass is 32.2. The normalized spacial score (nSPS) is 26.0. The fourth-order valence-corrected chi connectivity index (χ4v) is 2.23. The fraction of sp³-hybridized carbons (Fsp3) is 0.667. The van der Waals surface area contributed by atoms with E-state index < -0.39 is 20.9 Å². The summed E-state index contributed by atoms with van der Waals surface area (Å²) in [6, 6.07) is 0. The Bertz CT molecular complexity index is 372. The van der Waals surface area contributed by atoms with Gasteiger partial charge in [0.15, 0.2) is 0 Å². The van der Waals surface area contributed by atoms with Crippen LogP contribution in [-0.2, 0) is 10.0 Å². The van der Waals surface area contributed by atoms with Crippen LogP contribution in [0.3, 0.4) is 0 Å². The predicted molar refractivity (Wildman–Crippen MR) is 36.8 cm³/mol.